The Hall–Kier alpha value is -1.36. The van der Waals surface area contributed by atoms with Crippen molar-refractivity contribution < 1.29 is 13.0 Å². The summed E-state index contributed by atoms with van der Waals surface area (Å²) in [5.74, 6) is -0.312. The highest BCUT2D eigenvalue weighted by Crippen LogP contribution is 2.27. The zero-order valence-electron chi connectivity index (χ0n) is 10.1. The highest BCUT2D eigenvalue weighted by atomic mass is 35.5. The van der Waals surface area contributed by atoms with Crippen molar-refractivity contribution in [3.05, 3.63) is 59.1 Å². The molecule has 0 aliphatic heterocycles. The van der Waals surface area contributed by atoms with Gasteiger partial charge >= 0.3 is 0 Å². The maximum Gasteiger partial charge on any atom is 0.265 e. The van der Waals surface area contributed by atoms with Gasteiger partial charge in [0.25, 0.3) is 10.1 Å². The van der Waals surface area contributed by atoms with Gasteiger partial charge in [0.1, 0.15) is 0 Å². The normalized spacial score (nSPS) is 11.5. The monoisotopic (exact) mass is 296 g/mol. The molecule has 5 heteroatoms. The molecule has 0 radical (unpaired) electrons. The number of halogens is 1. The van der Waals surface area contributed by atoms with E-state index >= 15 is 0 Å². The highest BCUT2D eigenvalue weighted by molar-refractivity contribution is 7.85. The van der Waals surface area contributed by atoms with E-state index in [2.05, 4.69) is 0 Å². The molecule has 0 aliphatic carbocycles. The molecular formula is C14H13ClO3S. The third-order valence-corrected chi connectivity index (χ3v) is 3.74. The lowest BCUT2D eigenvalue weighted by molar-refractivity contribution is 0.483. The molecule has 0 bridgehead atoms. The molecule has 0 aliphatic rings. The third-order valence-electron chi connectivity index (χ3n) is 2.78. The van der Waals surface area contributed by atoms with Crippen LogP contribution in [0.15, 0.2) is 48.5 Å². The van der Waals surface area contributed by atoms with E-state index in [1.807, 2.05) is 36.4 Å². The van der Waals surface area contributed by atoms with Crippen LogP contribution in [-0.2, 0) is 16.5 Å². The lowest BCUT2D eigenvalue weighted by atomic mass is 9.98. The van der Waals surface area contributed by atoms with Crippen LogP contribution in [0.4, 0.5) is 0 Å². The molecule has 2 rings (SSSR count). The Morgan fingerprint density at radius 1 is 1.05 bits per heavy atom. The zero-order chi connectivity index (χ0) is 13.9. The Bertz CT molecular complexity index is 666. The lowest BCUT2D eigenvalue weighted by Crippen LogP contribution is -2.07. The van der Waals surface area contributed by atoms with E-state index in [9.17, 15) is 8.42 Å². The van der Waals surface area contributed by atoms with Crippen molar-refractivity contribution in [1.29, 1.82) is 0 Å². The molecule has 2 aromatic rings. The van der Waals surface area contributed by atoms with E-state index in [1.165, 1.54) is 0 Å². The number of hydrogen-bond donors (Lipinski definition) is 1. The largest absolute Gasteiger partial charge is 0.286 e. The van der Waals surface area contributed by atoms with Gasteiger partial charge in [0.2, 0.25) is 0 Å². The fourth-order valence-corrected chi connectivity index (χ4v) is 2.58. The second-order valence-corrected chi connectivity index (χ2v) is 6.21. The minimum atomic E-state index is -3.98. The molecule has 2 aromatic carbocycles. The molecule has 0 atom stereocenters. The van der Waals surface area contributed by atoms with Gasteiger partial charge in [-0.15, -0.1) is 0 Å². The lowest BCUT2D eigenvalue weighted by Gasteiger charge is -2.09. The molecule has 0 saturated heterocycles. The van der Waals surface area contributed by atoms with E-state index in [-0.39, 0.29) is 12.2 Å². The molecule has 100 valence electrons. The number of aryl methyl sites for hydroxylation is 1. The maximum atomic E-state index is 10.9. The number of benzene rings is 2. The molecule has 0 heterocycles. The summed E-state index contributed by atoms with van der Waals surface area (Å²) >= 11 is 5.94. The molecule has 1 N–H and O–H groups in total. The van der Waals surface area contributed by atoms with Gasteiger partial charge in [-0.25, -0.2) is 0 Å². The predicted octanol–water partition coefficient (Wildman–Crippen LogP) is 3.44. The average Bonchev–Trinajstić information content (AvgIpc) is 2.37. The van der Waals surface area contributed by atoms with Crippen molar-refractivity contribution in [3.8, 4) is 11.1 Å². The predicted molar refractivity (Wildman–Crippen MR) is 77.0 cm³/mol. The first-order valence-corrected chi connectivity index (χ1v) is 7.73. The quantitative estimate of drug-likeness (QED) is 0.879. The third kappa shape index (κ3) is 4.06. The Morgan fingerprint density at radius 3 is 2.37 bits per heavy atom. The summed E-state index contributed by atoms with van der Waals surface area (Å²) in [4.78, 5) is 0. The van der Waals surface area contributed by atoms with Crippen LogP contribution in [0.1, 0.15) is 5.56 Å². The average molecular weight is 297 g/mol. The van der Waals surface area contributed by atoms with Crippen LogP contribution < -0.4 is 0 Å². The van der Waals surface area contributed by atoms with Crippen molar-refractivity contribution in [1.82, 2.24) is 0 Å². The second-order valence-electron chi connectivity index (χ2n) is 4.20. The van der Waals surface area contributed by atoms with Crippen molar-refractivity contribution in [2.75, 3.05) is 5.75 Å². The first-order valence-electron chi connectivity index (χ1n) is 5.75. The molecule has 0 fully saturated rings. The van der Waals surface area contributed by atoms with E-state index in [0.29, 0.717) is 5.02 Å². The van der Waals surface area contributed by atoms with Crippen molar-refractivity contribution in [2.24, 2.45) is 0 Å². The number of rotatable bonds is 4. The van der Waals surface area contributed by atoms with Crippen LogP contribution in [0.5, 0.6) is 0 Å². The van der Waals surface area contributed by atoms with Gasteiger partial charge in [-0.05, 0) is 35.2 Å². The second kappa shape index (κ2) is 5.74. The van der Waals surface area contributed by atoms with E-state index in [0.717, 1.165) is 16.7 Å². The van der Waals surface area contributed by atoms with Gasteiger partial charge in [-0.2, -0.15) is 8.42 Å². The van der Waals surface area contributed by atoms with Crippen molar-refractivity contribution >= 4 is 21.7 Å². The van der Waals surface area contributed by atoms with E-state index in [1.54, 1.807) is 12.1 Å². The fraction of sp³-hybridized carbons (Fsp3) is 0.143. The van der Waals surface area contributed by atoms with Gasteiger partial charge in [0.05, 0.1) is 5.75 Å². The number of hydrogen-bond acceptors (Lipinski definition) is 2. The summed E-state index contributed by atoms with van der Waals surface area (Å²) < 4.78 is 30.6. The smallest absolute Gasteiger partial charge is 0.265 e. The van der Waals surface area contributed by atoms with Crippen LogP contribution in [0.25, 0.3) is 11.1 Å². The van der Waals surface area contributed by atoms with Crippen LogP contribution in [0.3, 0.4) is 0 Å². The van der Waals surface area contributed by atoms with Gasteiger partial charge in [0, 0.05) is 5.02 Å². The molecule has 0 unspecified atom stereocenters. The van der Waals surface area contributed by atoms with Crippen LogP contribution in [0, 0.1) is 0 Å². The molecule has 0 spiro atoms. The topological polar surface area (TPSA) is 54.4 Å². The summed E-state index contributed by atoms with van der Waals surface area (Å²) in [6, 6.07) is 15.0. The molecule has 0 aromatic heterocycles. The fourth-order valence-electron chi connectivity index (χ4n) is 1.91. The Balaban J connectivity index is 2.39. The van der Waals surface area contributed by atoms with Crippen LogP contribution in [0.2, 0.25) is 5.02 Å². The summed E-state index contributed by atoms with van der Waals surface area (Å²) in [6.07, 6.45) is 0.226. The molecular weight excluding hydrogens is 284 g/mol. The SMILES string of the molecule is O=S(=O)(O)CCc1cc(Cl)ccc1-c1ccccc1. The summed E-state index contributed by atoms with van der Waals surface area (Å²) in [7, 11) is -3.98. The summed E-state index contributed by atoms with van der Waals surface area (Å²) in [5, 5.41) is 0.546. The van der Waals surface area contributed by atoms with Gasteiger partial charge < -0.3 is 0 Å². The molecule has 19 heavy (non-hydrogen) atoms. The van der Waals surface area contributed by atoms with E-state index < -0.39 is 10.1 Å². The first-order chi connectivity index (χ1) is 8.96. The molecule has 0 amide bonds. The van der Waals surface area contributed by atoms with Crippen molar-refractivity contribution in [2.45, 2.75) is 6.42 Å². The van der Waals surface area contributed by atoms with E-state index in [4.69, 9.17) is 16.2 Å². The van der Waals surface area contributed by atoms with Gasteiger partial charge in [-0.3, -0.25) is 4.55 Å². The van der Waals surface area contributed by atoms with Crippen LogP contribution >= 0.6 is 11.6 Å². The highest BCUT2D eigenvalue weighted by Gasteiger charge is 2.10. The zero-order valence-corrected chi connectivity index (χ0v) is 11.7. The standard InChI is InChI=1S/C14H13ClO3S/c15-13-6-7-14(11-4-2-1-3-5-11)12(10-13)8-9-19(16,17)18/h1-7,10H,8-9H2,(H,16,17,18). The van der Waals surface area contributed by atoms with Crippen LogP contribution in [-0.4, -0.2) is 18.7 Å². The minimum Gasteiger partial charge on any atom is -0.286 e. The van der Waals surface area contributed by atoms with Gasteiger partial charge in [0.15, 0.2) is 0 Å². The summed E-state index contributed by atoms with van der Waals surface area (Å²) in [5.41, 5.74) is 2.72. The Labute approximate surface area is 117 Å². The first kappa shape index (κ1) is 14.1. The summed E-state index contributed by atoms with van der Waals surface area (Å²) in [6.45, 7) is 0. The van der Waals surface area contributed by atoms with Gasteiger partial charge in [-0.1, -0.05) is 48.0 Å². The minimum absolute atomic E-state index is 0.226. The van der Waals surface area contributed by atoms with Crippen molar-refractivity contribution in [3.63, 3.8) is 0 Å². The Kier molecular flexibility index (Phi) is 4.24. The molecule has 3 nitrogen and oxygen atoms in total. The maximum absolute atomic E-state index is 10.9. The molecule has 0 saturated carbocycles. The Morgan fingerprint density at radius 2 is 1.74 bits per heavy atom.